The number of rotatable bonds is 3. The third-order valence-corrected chi connectivity index (χ3v) is 7.06. The van der Waals surface area contributed by atoms with Crippen LogP contribution in [0.2, 0.25) is 0 Å². The van der Waals surface area contributed by atoms with E-state index in [4.69, 9.17) is 19.4 Å². The van der Waals surface area contributed by atoms with Crippen molar-refractivity contribution in [1.29, 1.82) is 0 Å². The lowest BCUT2D eigenvalue weighted by atomic mass is 9.96. The van der Waals surface area contributed by atoms with Gasteiger partial charge in [0.25, 0.3) is 0 Å². The van der Waals surface area contributed by atoms with Gasteiger partial charge in [-0.1, -0.05) is 6.07 Å². The normalized spacial score (nSPS) is 12.8. The number of carbonyl (C=O) groups is 2. The first-order valence-electron chi connectivity index (χ1n) is 14.5. The van der Waals surface area contributed by atoms with Crippen LogP contribution in [0.1, 0.15) is 64.3 Å². The van der Waals surface area contributed by atoms with Crippen molar-refractivity contribution in [2.75, 3.05) is 0 Å². The molecule has 2 N–H and O–H groups in total. The van der Waals surface area contributed by atoms with Gasteiger partial charge in [0.15, 0.2) is 0 Å². The number of carbonyl (C=O) groups excluding carboxylic acids is 2. The Morgan fingerprint density at radius 2 is 1.09 bits per heavy atom. The highest BCUT2D eigenvalue weighted by molar-refractivity contribution is 5.95. The van der Waals surface area contributed by atoms with Crippen LogP contribution in [0.4, 0.5) is 0 Å². The summed E-state index contributed by atoms with van der Waals surface area (Å²) < 4.78 is 11.9. The van der Waals surface area contributed by atoms with Crippen LogP contribution in [0.3, 0.4) is 0 Å². The standard InChI is InChI=1S/C36H34N4O4/c1-35(2,3)33(41)43-30-8-7-9-31(44-34(42)36(4,5)6)32(30)28-19-27-18-25-13-12-23(38-25)16-21-10-11-22(37-21)17-24-14-15-26(39-24)20-29(28)40-27/h7-20,38,40H,1-6H3. The van der Waals surface area contributed by atoms with Crippen molar-refractivity contribution in [3.05, 3.63) is 83.4 Å². The van der Waals surface area contributed by atoms with E-state index in [1.807, 2.05) is 66.8 Å². The zero-order valence-electron chi connectivity index (χ0n) is 25.6. The number of fused-ring (bicyclic) bond motifs is 8. The molecule has 0 spiro atoms. The molecule has 0 saturated heterocycles. The molecule has 2 aliphatic heterocycles. The number of nitrogens with one attached hydrogen (secondary N) is 2. The highest BCUT2D eigenvalue weighted by Crippen LogP contribution is 2.43. The molecule has 8 nitrogen and oxygen atoms in total. The van der Waals surface area contributed by atoms with Gasteiger partial charge in [-0.2, -0.15) is 0 Å². The minimum absolute atomic E-state index is 0.286. The molecule has 1 aromatic carbocycles. The van der Waals surface area contributed by atoms with E-state index in [1.165, 1.54) is 0 Å². The summed E-state index contributed by atoms with van der Waals surface area (Å²) in [7, 11) is 0. The first kappa shape index (κ1) is 28.9. The van der Waals surface area contributed by atoms with E-state index < -0.39 is 22.8 Å². The molecule has 0 radical (unpaired) electrons. The van der Waals surface area contributed by atoms with Crippen LogP contribution in [-0.2, 0) is 9.59 Å². The second-order valence-electron chi connectivity index (χ2n) is 13.0. The molecule has 2 aliphatic rings. The molecule has 0 aliphatic carbocycles. The number of esters is 2. The monoisotopic (exact) mass is 586 g/mol. The zero-order chi connectivity index (χ0) is 31.2. The van der Waals surface area contributed by atoms with Crippen LogP contribution < -0.4 is 9.47 Å². The van der Waals surface area contributed by atoms with E-state index >= 15 is 0 Å². The number of hydrogen-bond acceptors (Lipinski definition) is 6. The highest BCUT2D eigenvalue weighted by atomic mass is 16.5. The Labute approximate surface area is 255 Å². The molecule has 0 saturated carbocycles. The molecule has 6 rings (SSSR count). The van der Waals surface area contributed by atoms with Gasteiger partial charge in [0.05, 0.1) is 39.2 Å². The molecule has 5 heterocycles. The Kier molecular flexibility index (Phi) is 7.08. The fourth-order valence-electron chi connectivity index (χ4n) is 4.68. The summed E-state index contributed by atoms with van der Waals surface area (Å²) in [5, 5.41) is 0. The van der Waals surface area contributed by atoms with E-state index in [0.717, 1.165) is 39.3 Å². The van der Waals surface area contributed by atoms with Crippen LogP contribution in [0.5, 0.6) is 11.5 Å². The van der Waals surface area contributed by atoms with Crippen LogP contribution in [0, 0.1) is 10.8 Å². The molecule has 0 amide bonds. The van der Waals surface area contributed by atoms with E-state index in [-0.39, 0.29) is 11.5 Å². The van der Waals surface area contributed by atoms with Gasteiger partial charge in [0.2, 0.25) is 0 Å². The maximum absolute atomic E-state index is 13.1. The lowest BCUT2D eigenvalue weighted by Gasteiger charge is -2.21. The minimum atomic E-state index is -0.753. The summed E-state index contributed by atoms with van der Waals surface area (Å²) in [6.07, 6.45) is 7.80. The maximum Gasteiger partial charge on any atom is 0.316 e. The molecule has 0 unspecified atom stereocenters. The van der Waals surface area contributed by atoms with Crippen molar-refractivity contribution >= 4 is 58.3 Å². The molecule has 4 aromatic rings. The molecule has 0 fully saturated rings. The summed E-state index contributed by atoms with van der Waals surface area (Å²) in [6, 6.07) is 18.9. The first-order valence-corrected chi connectivity index (χ1v) is 14.5. The number of nitrogens with zero attached hydrogens (tertiary/aromatic N) is 2. The Bertz CT molecular complexity index is 1980. The lowest BCUT2D eigenvalue weighted by Crippen LogP contribution is -2.27. The summed E-state index contributed by atoms with van der Waals surface area (Å²) in [5.41, 5.74) is 6.08. The minimum Gasteiger partial charge on any atom is -0.425 e. The van der Waals surface area contributed by atoms with Crippen molar-refractivity contribution in [1.82, 2.24) is 19.9 Å². The Hall–Kier alpha value is -5.24. The molecule has 222 valence electrons. The van der Waals surface area contributed by atoms with Gasteiger partial charge in [0, 0.05) is 27.6 Å². The fourth-order valence-corrected chi connectivity index (χ4v) is 4.68. The van der Waals surface area contributed by atoms with Gasteiger partial charge in [-0.15, -0.1) is 0 Å². The highest BCUT2D eigenvalue weighted by Gasteiger charge is 2.29. The molecule has 0 atom stereocenters. The van der Waals surface area contributed by atoms with Gasteiger partial charge in [-0.3, -0.25) is 9.59 Å². The van der Waals surface area contributed by atoms with Crippen molar-refractivity contribution < 1.29 is 19.1 Å². The second kappa shape index (κ2) is 10.8. The number of aromatic nitrogens is 4. The Morgan fingerprint density at radius 1 is 0.591 bits per heavy atom. The lowest BCUT2D eigenvalue weighted by molar-refractivity contribution is -0.143. The van der Waals surface area contributed by atoms with E-state index in [9.17, 15) is 9.59 Å². The molecular weight excluding hydrogens is 552 g/mol. The molecule has 8 heteroatoms. The predicted octanol–water partition coefficient (Wildman–Crippen LogP) is 8.23. The summed E-state index contributed by atoms with van der Waals surface area (Å²) in [4.78, 5) is 42.6. The van der Waals surface area contributed by atoms with Crippen LogP contribution in [-0.4, -0.2) is 31.9 Å². The number of aromatic amines is 2. The molecule has 8 bridgehead atoms. The first-order chi connectivity index (χ1) is 20.8. The summed E-state index contributed by atoms with van der Waals surface area (Å²) in [6.45, 7) is 10.8. The largest absolute Gasteiger partial charge is 0.425 e. The topological polar surface area (TPSA) is 110 Å². The fraction of sp³-hybridized carbons (Fsp3) is 0.222. The number of hydrogen-bond donors (Lipinski definition) is 2. The van der Waals surface area contributed by atoms with Crippen LogP contribution in [0.15, 0.2) is 60.7 Å². The summed E-state index contributed by atoms with van der Waals surface area (Å²) in [5.74, 6) is -0.245. The van der Waals surface area contributed by atoms with Crippen molar-refractivity contribution in [3.63, 3.8) is 0 Å². The Morgan fingerprint density at radius 3 is 1.64 bits per heavy atom. The number of benzene rings is 1. The maximum atomic E-state index is 13.1. The third kappa shape index (κ3) is 6.10. The van der Waals surface area contributed by atoms with Gasteiger partial charge in [-0.05, 0) is 120 Å². The molecular formula is C36H34N4O4. The van der Waals surface area contributed by atoms with Gasteiger partial charge in [-0.25, -0.2) is 9.97 Å². The average Bonchev–Trinajstić information content (AvgIpc) is 3.73. The number of ether oxygens (including phenoxy) is 2. The van der Waals surface area contributed by atoms with Gasteiger partial charge < -0.3 is 19.4 Å². The molecule has 44 heavy (non-hydrogen) atoms. The second-order valence-corrected chi connectivity index (χ2v) is 13.0. The predicted molar refractivity (Wildman–Crippen MR) is 174 cm³/mol. The van der Waals surface area contributed by atoms with Crippen molar-refractivity contribution in [2.45, 2.75) is 41.5 Å². The van der Waals surface area contributed by atoms with Crippen LogP contribution >= 0.6 is 0 Å². The average molecular weight is 587 g/mol. The van der Waals surface area contributed by atoms with Gasteiger partial charge in [0.1, 0.15) is 11.5 Å². The van der Waals surface area contributed by atoms with E-state index in [0.29, 0.717) is 16.6 Å². The quantitative estimate of drug-likeness (QED) is 0.160. The van der Waals surface area contributed by atoms with Crippen molar-refractivity contribution in [3.8, 4) is 22.6 Å². The van der Waals surface area contributed by atoms with Gasteiger partial charge >= 0.3 is 11.9 Å². The third-order valence-electron chi connectivity index (χ3n) is 7.06. The van der Waals surface area contributed by atoms with E-state index in [1.54, 1.807) is 59.7 Å². The zero-order valence-corrected chi connectivity index (χ0v) is 25.6. The van der Waals surface area contributed by atoms with Crippen LogP contribution in [0.25, 0.3) is 57.5 Å². The Balaban J connectivity index is 1.64. The van der Waals surface area contributed by atoms with E-state index in [2.05, 4.69) is 9.97 Å². The molecule has 3 aromatic heterocycles. The van der Waals surface area contributed by atoms with Crippen molar-refractivity contribution in [2.24, 2.45) is 10.8 Å². The number of H-pyrrole nitrogens is 2. The smallest absolute Gasteiger partial charge is 0.316 e. The summed E-state index contributed by atoms with van der Waals surface area (Å²) >= 11 is 0. The SMILES string of the molecule is CC(C)(C)C(=O)Oc1cccc(OC(=O)C(C)(C)C)c1-c1cc2cc3ccc(cc4nc(cc5nc(cc1[nH]2)C=C5)C=C4)[nH]3.